The van der Waals surface area contributed by atoms with Gasteiger partial charge in [0.25, 0.3) is 5.91 Å². The van der Waals surface area contributed by atoms with Crippen molar-refractivity contribution in [2.24, 2.45) is 11.3 Å². The predicted molar refractivity (Wildman–Crippen MR) is 130 cm³/mol. The summed E-state index contributed by atoms with van der Waals surface area (Å²) in [5.74, 6) is 1.75. The monoisotopic (exact) mass is 450 g/mol. The van der Waals surface area contributed by atoms with E-state index >= 15 is 0 Å². The van der Waals surface area contributed by atoms with Crippen LogP contribution in [0, 0.1) is 22.7 Å². The van der Waals surface area contributed by atoms with Crippen molar-refractivity contribution in [1.29, 1.82) is 5.26 Å². The highest BCUT2D eigenvalue weighted by Crippen LogP contribution is 2.44. The molecule has 1 aromatic carbocycles. The van der Waals surface area contributed by atoms with Crippen molar-refractivity contribution in [2.45, 2.75) is 78.1 Å². The molecule has 1 atom stereocenters. The van der Waals surface area contributed by atoms with E-state index in [4.69, 9.17) is 4.74 Å². The second-order valence-electron chi connectivity index (χ2n) is 10.4. The van der Waals surface area contributed by atoms with Gasteiger partial charge in [0.05, 0.1) is 5.56 Å². The van der Waals surface area contributed by atoms with E-state index in [1.807, 2.05) is 12.1 Å². The summed E-state index contributed by atoms with van der Waals surface area (Å²) in [6.45, 7) is 6.79. The van der Waals surface area contributed by atoms with Crippen molar-refractivity contribution in [1.82, 2.24) is 0 Å². The van der Waals surface area contributed by atoms with Crippen LogP contribution in [0.4, 0.5) is 5.00 Å². The normalized spacial score (nSPS) is 19.1. The minimum absolute atomic E-state index is 0.0547. The summed E-state index contributed by atoms with van der Waals surface area (Å²) in [6.07, 6.45) is 9.51. The molecule has 0 spiro atoms. The van der Waals surface area contributed by atoms with Crippen LogP contribution in [-0.4, -0.2) is 12.5 Å². The van der Waals surface area contributed by atoms with Gasteiger partial charge < -0.3 is 10.1 Å². The van der Waals surface area contributed by atoms with Crippen molar-refractivity contribution in [3.05, 3.63) is 45.8 Å². The summed E-state index contributed by atoms with van der Waals surface area (Å²) in [7, 11) is 0. The van der Waals surface area contributed by atoms with Crippen LogP contribution in [0.2, 0.25) is 0 Å². The lowest BCUT2D eigenvalue weighted by Crippen LogP contribution is -2.26. The van der Waals surface area contributed by atoms with Gasteiger partial charge in [-0.05, 0) is 72.6 Å². The van der Waals surface area contributed by atoms with Gasteiger partial charge in [0.1, 0.15) is 16.8 Å². The number of hydrogen-bond acceptors (Lipinski definition) is 4. The molecule has 170 valence electrons. The third kappa shape index (κ3) is 5.18. The lowest BCUT2D eigenvalue weighted by atomic mass is 9.72. The Morgan fingerprint density at radius 3 is 2.53 bits per heavy atom. The second-order valence-corrected chi connectivity index (χ2v) is 11.5. The van der Waals surface area contributed by atoms with Crippen LogP contribution in [0.15, 0.2) is 24.3 Å². The molecular weight excluding hydrogens is 416 g/mol. The number of amides is 1. The van der Waals surface area contributed by atoms with Crippen LogP contribution >= 0.6 is 11.3 Å². The lowest BCUT2D eigenvalue weighted by Gasteiger charge is -2.33. The zero-order valence-corrected chi connectivity index (χ0v) is 20.3. The molecular formula is C27H34N2O2S. The van der Waals surface area contributed by atoms with Crippen LogP contribution in [0.5, 0.6) is 5.75 Å². The van der Waals surface area contributed by atoms with E-state index in [9.17, 15) is 10.1 Å². The van der Waals surface area contributed by atoms with Gasteiger partial charge in [0, 0.05) is 4.88 Å². The Kier molecular flexibility index (Phi) is 6.90. The third-order valence-corrected chi connectivity index (χ3v) is 8.35. The third-order valence-electron chi connectivity index (χ3n) is 7.18. The molecule has 0 saturated heterocycles. The molecule has 1 amide bonds. The zero-order valence-electron chi connectivity index (χ0n) is 19.5. The zero-order chi connectivity index (χ0) is 22.7. The summed E-state index contributed by atoms with van der Waals surface area (Å²) in [6, 6.07) is 10.5. The van der Waals surface area contributed by atoms with Crippen molar-refractivity contribution in [3.63, 3.8) is 0 Å². The van der Waals surface area contributed by atoms with E-state index in [1.54, 1.807) is 11.3 Å². The van der Waals surface area contributed by atoms with Crippen LogP contribution in [-0.2, 0) is 17.6 Å². The number of thiophene rings is 1. The minimum Gasteiger partial charge on any atom is -0.484 e. The number of carbonyl (C=O) groups excluding carboxylic acids is 1. The molecule has 0 radical (unpaired) electrons. The molecule has 1 unspecified atom stereocenters. The smallest absolute Gasteiger partial charge is 0.262 e. The summed E-state index contributed by atoms with van der Waals surface area (Å²) >= 11 is 1.56. The maximum absolute atomic E-state index is 12.6. The first-order valence-corrected chi connectivity index (χ1v) is 12.7. The minimum atomic E-state index is -0.219. The van der Waals surface area contributed by atoms with Gasteiger partial charge in [-0.1, -0.05) is 52.2 Å². The summed E-state index contributed by atoms with van der Waals surface area (Å²) < 4.78 is 5.73. The van der Waals surface area contributed by atoms with E-state index < -0.39 is 0 Å². The van der Waals surface area contributed by atoms with E-state index in [0.29, 0.717) is 28.1 Å². The van der Waals surface area contributed by atoms with Gasteiger partial charge in [0.15, 0.2) is 6.61 Å². The molecule has 1 aromatic heterocycles. The number of nitrogens with one attached hydrogen (secondary N) is 1. The van der Waals surface area contributed by atoms with Crippen molar-refractivity contribution in [3.8, 4) is 11.8 Å². The number of rotatable bonds is 5. The number of benzene rings is 1. The molecule has 4 rings (SSSR count). The molecule has 1 N–H and O–H groups in total. The summed E-state index contributed by atoms with van der Waals surface area (Å²) in [5, 5.41) is 13.3. The average Bonchev–Trinajstić information content (AvgIpc) is 3.14. The van der Waals surface area contributed by atoms with Crippen LogP contribution in [0.3, 0.4) is 0 Å². The van der Waals surface area contributed by atoms with Gasteiger partial charge >= 0.3 is 0 Å². The second kappa shape index (κ2) is 9.67. The first kappa shape index (κ1) is 22.9. The Morgan fingerprint density at radius 1 is 1.16 bits per heavy atom. The molecule has 1 saturated carbocycles. The van der Waals surface area contributed by atoms with Gasteiger partial charge in [-0.25, -0.2) is 0 Å². The van der Waals surface area contributed by atoms with Crippen molar-refractivity contribution < 1.29 is 9.53 Å². The SMILES string of the molecule is CC(C)(C)C1CCc2c(sc(NC(=O)COc3ccc(C4CCCCC4)cc3)c2C#N)C1. The summed E-state index contributed by atoms with van der Waals surface area (Å²) in [5.41, 5.74) is 3.39. The molecule has 0 bridgehead atoms. The van der Waals surface area contributed by atoms with Crippen LogP contribution in [0.25, 0.3) is 0 Å². The molecule has 2 aliphatic carbocycles. The van der Waals surface area contributed by atoms with Crippen LogP contribution in [0.1, 0.15) is 86.8 Å². The quantitative estimate of drug-likeness (QED) is 0.543. The van der Waals surface area contributed by atoms with Crippen molar-refractivity contribution in [2.75, 3.05) is 11.9 Å². The van der Waals surface area contributed by atoms with Gasteiger partial charge in [-0.3, -0.25) is 4.79 Å². The molecule has 5 heteroatoms. The Labute approximate surface area is 196 Å². The number of hydrogen-bond donors (Lipinski definition) is 1. The highest BCUT2D eigenvalue weighted by atomic mass is 32.1. The van der Waals surface area contributed by atoms with Crippen molar-refractivity contribution >= 4 is 22.2 Å². The largest absolute Gasteiger partial charge is 0.484 e. The number of fused-ring (bicyclic) bond motifs is 1. The highest BCUT2D eigenvalue weighted by Gasteiger charge is 2.32. The fraction of sp³-hybridized carbons (Fsp3) is 0.556. The molecule has 2 aromatic rings. The Morgan fingerprint density at radius 2 is 1.88 bits per heavy atom. The molecule has 4 nitrogen and oxygen atoms in total. The average molecular weight is 451 g/mol. The van der Waals surface area contributed by atoms with Gasteiger partial charge in [0.2, 0.25) is 0 Å². The number of nitrogens with zero attached hydrogens (tertiary/aromatic N) is 1. The highest BCUT2D eigenvalue weighted by molar-refractivity contribution is 7.16. The van der Waals surface area contributed by atoms with Gasteiger partial charge in [-0.15, -0.1) is 11.3 Å². The Hall–Kier alpha value is -2.32. The van der Waals surface area contributed by atoms with Crippen LogP contribution < -0.4 is 10.1 Å². The molecule has 32 heavy (non-hydrogen) atoms. The number of ether oxygens (including phenoxy) is 1. The number of carbonyl (C=O) groups is 1. The molecule has 2 aliphatic rings. The van der Waals surface area contributed by atoms with E-state index in [0.717, 1.165) is 24.8 Å². The number of anilines is 1. The maximum Gasteiger partial charge on any atom is 0.262 e. The fourth-order valence-corrected chi connectivity index (χ4v) is 6.41. The lowest BCUT2D eigenvalue weighted by molar-refractivity contribution is -0.118. The molecule has 1 fully saturated rings. The fourth-order valence-electron chi connectivity index (χ4n) is 5.12. The maximum atomic E-state index is 12.6. The number of nitriles is 1. The first-order chi connectivity index (χ1) is 15.3. The van der Waals surface area contributed by atoms with E-state index in [-0.39, 0.29) is 17.9 Å². The molecule has 1 heterocycles. The summed E-state index contributed by atoms with van der Waals surface area (Å²) in [4.78, 5) is 13.8. The van der Waals surface area contributed by atoms with E-state index in [2.05, 4.69) is 44.3 Å². The van der Waals surface area contributed by atoms with Gasteiger partial charge in [-0.2, -0.15) is 5.26 Å². The first-order valence-electron chi connectivity index (χ1n) is 11.9. The van der Waals surface area contributed by atoms with E-state index in [1.165, 1.54) is 42.5 Å². The Bertz CT molecular complexity index is 988. The topological polar surface area (TPSA) is 62.1 Å². The standard InChI is InChI=1S/C27H34N2O2S/c1-27(2,3)20-11-14-22-23(16-28)26(32-24(22)15-20)29-25(30)17-31-21-12-9-19(10-13-21)18-7-5-4-6-8-18/h9-10,12-13,18,20H,4-8,11,14-15,17H2,1-3H3,(H,29,30). The molecule has 0 aliphatic heterocycles. The predicted octanol–water partition coefficient (Wildman–Crippen LogP) is 6.84. The Balaban J connectivity index is 1.35.